The van der Waals surface area contributed by atoms with Crippen LogP contribution in [0.3, 0.4) is 0 Å². The van der Waals surface area contributed by atoms with E-state index in [0.29, 0.717) is 6.54 Å². The zero-order chi connectivity index (χ0) is 13.4. The molecule has 0 heterocycles. The molecule has 1 aromatic rings. The van der Waals surface area contributed by atoms with E-state index in [1.165, 1.54) is 5.56 Å². The van der Waals surface area contributed by atoms with E-state index < -0.39 is 0 Å². The Morgan fingerprint density at radius 2 is 1.94 bits per heavy atom. The summed E-state index contributed by atoms with van der Waals surface area (Å²) in [4.78, 5) is 2.35. The lowest BCUT2D eigenvalue weighted by Gasteiger charge is -2.38. The van der Waals surface area contributed by atoms with E-state index in [4.69, 9.17) is 10.5 Å². The van der Waals surface area contributed by atoms with Crippen molar-refractivity contribution in [1.29, 1.82) is 0 Å². The van der Waals surface area contributed by atoms with Crippen LogP contribution in [0.5, 0.6) is 0 Å². The van der Waals surface area contributed by atoms with Gasteiger partial charge >= 0.3 is 0 Å². The van der Waals surface area contributed by atoms with E-state index >= 15 is 0 Å². The Bertz CT molecular complexity index is 329. The van der Waals surface area contributed by atoms with Crippen molar-refractivity contribution in [1.82, 2.24) is 4.90 Å². The molecule has 0 aromatic heterocycles. The lowest BCUT2D eigenvalue weighted by molar-refractivity contribution is 0.0900. The number of nitrogens with zero attached hydrogens (tertiary/aromatic N) is 1. The molecule has 0 fully saturated rings. The summed E-state index contributed by atoms with van der Waals surface area (Å²) in [6.07, 6.45) is 2.02. The van der Waals surface area contributed by atoms with Crippen molar-refractivity contribution >= 4 is 0 Å². The van der Waals surface area contributed by atoms with E-state index in [0.717, 1.165) is 26.0 Å². The van der Waals surface area contributed by atoms with Crippen LogP contribution < -0.4 is 5.73 Å². The van der Waals surface area contributed by atoms with E-state index in [2.05, 4.69) is 49.2 Å². The van der Waals surface area contributed by atoms with Gasteiger partial charge in [-0.25, -0.2) is 0 Å². The van der Waals surface area contributed by atoms with Gasteiger partial charge in [0.2, 0.25) is 0 Å². The number of hydrogen-bond acceptors (Lipinski definition) is 3. The number of ether oxygens (including phenoxy) is 1. The zero-order valence-electron chi connectivity index (χ0n) is 11.9. The van der Waals surface area contributed by atoms with Crippen LogP contribution in [0.2, 0.25) is 0 Å². The van der Waals surface area contributed by atoms with Crippen LogP contribution in [0.4, 0.5) is 0 Å². The lowest BCUT2D eigenvalue weighted by Crippen LogP contribution is -2.51. The van der Waals surface area contributed by atoms with Gasteiger partial charge in [0.25, 0.3) is 0 Å². The highest BCUT2D eigenvalue weighted by Gasteiger charge is 2.26. The van der Waals surface area contributed by atoms with E-state index in [1.54, 1.807) is 7.11 Å². The van der Waals surface area contributed by atoms with E-state index in [9.17, 15) is 0 Å². The first-order valence-corrected chi connectivity index (χ1v) is 6.56. The Labute approximate surface area is 111 Å². The highest BCUT2D eigenvalue weighted by molar-refractivity contribution is 5.15. The smallest absolute Gasteiger partial charge is 0.0480 e. The minimum Gasteiger partial charge on any atom is -0.385 e. The van der Waals surface area contributed by atoms with Gasteiger partial charge in [-0.2, -0.15) is 0 Å². The van der Waals surface area contributed by atoms with Crippen molar-refractivity contribution < 1.29 is 4.74 Å². The fraction of sp³-hybridized carbons (Fsp3) is 0.600. The van der Waals surface area contributed by atoms with Crippen molar-refractivity contribution in [3.8, 4) is 0 Å². The number of rotatable bonds is 8. The summed E-state index contributed by atoms with van der Waals surface area (Å²) >= 11 is 0. The number of benzene rings is 1. The fourth-order valence-electron chi connectivity index (χ4n) is 1.98. The van der Waals surface area contributed by atoms with Gasteiger partial charge in [-0.05, 0) is 32.4 Å². The molecule has 0 bridgehead atoms. The quantitative estimate of drug-likeness (QED) is 0.766. The third kappa shape index (κ3) is 4.41. The molecule has 0 amide bonds. The molecule has 0 aliphatic heterocycles. The fourth-order valence-corrected chi connectivity index (χ4v) is 1.98. The number of hydrogen-bond donors (Lipinski definition) is 1. The van der Waals surface area contributed by atoms with Crippen molar-refractivity contribution in [2.24, 2.45) is 5.73 Å². The third-order valence-electron chi connectivity index (χ3n) is 3.78. The van der Waals surface area contributed by atoms with Gasteiger partial charge in [-0.1, -0.05) is 30.3 Å². The molecule has 0 radical (unpaired) electrons. The molecule has 1 unspecified atom stereocenters. The topological polar surface area (TPSA) is 38.5 Å². The highest BCUT2D eigenvalue weighted by atomic mass is 16.5. The van der Waals surface area contributed by atoms with Crippen LogP contribution in [0.1, 0.15) is 18.9 Å². The second-order valence-corrected chi connectivity index (χ2v) is 5.10. The Kier molecular flexibility index (Phi) is 6.33. The molecule has 1 rings (SSSR count). The molecule has 3 nitrogen and oxygen atoms in total. The molecule has 0 saturated heterocycles. The molecular weight excluding hydrogens is 224 g/mol. The molecule has 18 heavy (non-hydrogen) atoms. The summed E-state index contributed by atoms with van der Waals surface area (Å²) in [6.45, 7) is 4.63. The molecule has 0 spiro atoms. The SMILES string of the molecule is COCCC(C)(CN)N(C)CCc1ccccc1. The average Bonchev–Trinajstić information content (AvgIpc) is 2.43. The van der Waals surface area contributed by atoms with Crippen LogP contribution in [0, 0.1) is 0 Å². The van der Waals surface area contributed by atoms with Gasteiger partial charge < -0.3 is 10.5 Å². The normalized spacial score (nSPS) is 14.7. The maximum Gasteiger partial charge on any atom is 0.0480 e. The molecule has 1 aromatic carbocycles. The Balaban J connectivity index is 2.49. The van der Waals surface area contributed by atoms with Crippen LogP contribution in [-0.4, -0.2) is 44.3 Å². The molecule has 1 atom stereocenters. The molecule has 2 N–H and O–H groups in total. The van der Waals surface area contributed by atoms with Gasteiger partial charge in [0.05, 0.1) is 0 Å². The monoisotopic (exact) mass is 250 g/mol. The Morgan fingerprint density at radius 1 is 1.28 bits per heavy atom. The van der Waals surface area contributed by atoms with Gasteiger partial charge in [-0.15, -0.1) is 0 Å². The first-order chi connectivity index (χ1) is 8.62. The first kappa shape index (κ1) is 15.2. The predicted molar refractivity (Wildman–Crippen MR) is 76.7 cm³/mol. The molecule has 3 heteroatoms. The molecule has 0 aliphatic carbocycles. The summed E-state index contributed by atoms with van der Waals surface area (Å²) in [5, 5.41) is 0. The van der Waals surface area contributed by atoms with Gasteiger partial charge in [0.1, 0.15) is 0 Å². The predicted octanol–water partition coefficient (Wildman–Crippen LogP) is 1.91. The number of likely N-dealkylation sites (N-methyl/N-ethyl adjacent to an activating group) is 1. The van der Waals surface area contributed by atoms with E-state index in [-0.39, 0.29) is 5.54 Å². The summed E-state index contributed by atoms with van der Waals surface area (Å²) in [5.41, 5.74) is 7.31. The maximum absolute atomic E-state index is 5.92. The molecular formula is C15H26N2O. The summed E-state index contributed by atoms with van der Waals surface area (Å²) in [5.74, 6) is 0. The van der Waals surface area contributed by atoms with Gasteiger partial charge in [0, 0.05) is 32.3 Å². The maximum atomic E-state index is 5.92. The molecule has 0 aliphatic rings. The van der Waals surface area contributed by atoms with Crippen LogP contribution >= 0.6 is 0 Å². The van der Waals surface area contributed by atoms with E-state index in [1.807, 2.05) is 0 Å². The average molecular weight is 250 g/mol. The van der Waals surface area contributed by atoms with Crippen LogP contribution in [-0.2, 0) is 11.2 Å². The lowest BCUT2D eigenvalue weighted by atomic mass is 9.96. The Hall–Kier alpha value is -0.900. The number of nitrogens with two attached hydrogens (primary N) is 1. The Morgan fingerprint density at radius 3 is 2.50 bits per heavy atom. The largest absolute Gasteiger partial charge is 0.385 e. The minimum atomic E-state index is 0.0186. The van der Waals surface area contributed by atoms with Crippen molar-refractivity contribution in [3.05, 3.63) is 35.9 Å². The van der Waals surface area contributed by atoms with Crippen LogP contribution in [0.25, 0.3) is 0 Å². The van der Waals surface area contributed by atoms with Gasteiger partial charge in [-0.3, -0.25) is 4.90 Å². The van der Waals surface area contributed by atoms with Crippen molar-refractivity contribution in [3.63, 3.8) is 0 Å². The summed E-state index contributed by atoms with van der Waals surface area (Å²) in [7, 11) is 3.88. The minimum absolute atomic E-state index is 0.0186. The number of methoxy groups -OCH3 is 1. The molecule has 102 valence electrons. The summed E-state index contributed by atoms with van der Waals surface area (Å²) in [6, 6.07) is 10.6. The standard InChI is InChI=1S/C15H26N2O/c1-15(13-16,10-12-18-3)17(2)11-9-14-7-5-4-6-8-14/h4-8H,9-13,16H2,1-3H3. The molecule has 0 saturated carbocycles. The zero-order valence-corrected chi connectivity index (χ0v) is 11.9. The summed E-state index contributed by atoms with van der Waals surface area (Å²) < 4.78 is 5.17. The van der Waals surface area contributed by atoms with Gasteiger partial charge in [0.15, 0.2) is 0 Å². The highest BCUT2D eigenvalue weighted by Crippen LogP contribution is 2.17. The van der Waals surface area contributed by atoms with Crippen molar-refractivity contribution in [2.45, 2.75) is 25.3 Å². The second-order valence-electron chi connectivity index (χ2n) is 5.10. The second kappa shape index (κ2) is 7.52. The first-order valence-electron chi connectivity index (χ1n) is 6.56. The van der Waals surface area contributed by atoms with Crippen molar-refractivity contribution in [2.75, 3.05) is 33.9 Å². The third-order valence-corrected chi connectivity index (χ3v) is 3.78. The van der Waals surface area contributed by atoms with Crippen LogP contribution in [0.15, 0.2) is 30.3 Å².